The van der Waals surface area contributed by atoms with E-state index in [-0.39, 0.29) is 12.0 Å². The average molecular weight is 392 g/mol. The van der Waals surface area contributed by atoms with Crippen LogP contribution >= 0.6 is 0 Å². The number of nitrogens with one attached hydrogen (secondary N) is 1. The van der Waals surface area contributed by atoms with Gasteiger partial charge in [0.05, 0.1) is 19.8 Å². The summed E-state index contributed by atoms with van der Waals surface area (Å²) in [5.41, 5.74) is 0.347. The summed E-state index contributed by atoms with van der Waals surface area (Å²) in [6.07, 6.45) is 1.12. The lowest BCUT2D eigenvalue weighted by Crippen LogP contribution is -2.49. The van der Waals surface area contributed by atoms with E-state index in [4.69, 9.17) is 9.47 Å². The Morgan fingerprint density at radius 1 is 1.14 bits per heavy atom. The van der Waals surface area contributed by atoms with Crippen LogP contribution in [0, 0.1) is 0 Å². The maximum atomic E-state index is 12.4. The zero-order valence-corrected chi connectivity index (χ0v) is 16.3. The topological polar surface area (TPSA) is 100 Å². The Kier molecular flexibility index (Phi) is 7.38. The van der Waals surface area contributed by atoms with E-state index >= 15 is 0 Å². The minimum absolute atomic E-state index is 0.206. The first kappa shape index (κ1) is 20.3. The van der Waals surface area contributed by atoms with Crippen molar-refractivity contribution in [3.63, 3.8) is 0 Å². The minimum atomic E-state index is -0.287. The Hall–Kier alpha value is -2.46. The highest BCUT2D eigenvalue weighted by Crippen LogP contribution is 2.14. The van der Waals surface area contributed by atoms with Gasteiger partial charge in [-0.15, -0.1) is 0 Å². The third kappa shape index (κ3) is 5.52. The number of carbonyl (C=O) groups excluding carboxylic acids is 2. The van der Waals surface area contributed by atoms with E-state index in [0.29, 0.717) is 50.8 Å². The lowest BCUT2D eigenvalue weighted by atomic mass is 10.3. The predicted molar refractivity (Wildman–Crippen MR) is 102 cm³/mol. The molecule has 2 aliphatic heterocycles. The maximum Gasteiger partial charge on any atom is 0.409 e. The summed E-state index contributed by atoms with van der Waals surface area (Å²) < 4.78 is 10.4. The van der Waals surface area contributed by atoms with Crippen LogP contribution in [-0.2, 0) is 9.47 Å². The van der Waals surface area contributed by atoms with Gasteiger partial charge in [0.1, 0.15) is 17.8 Å². The van der Waals surface area contributed by atoms with Crippen LogP contribution in [0.1, 0.15) is 17.4 Å². The van der Waals surface area contributed by atoms with Crippen molar-refractivity contribution < 1.29 is 19.1 Å². The molecule has 0 aliphatic carbocycles. The third-order valence-corrected chi connectivity index (χ3v) is 4.83. The molecule has 154 valence electrons. The molecule has 2 fully saturated rings. The van der Waals surface area contributed by atoms with E-state index in [1.54, 1.807) is 17.9 Å². The first-order chi connectivity index (χ1) is 13.7. The fourth-order valence-electron chi connectivity index (χ4n) is 3.22. The van der Waals surface area contributed by atoms with Crippen LogP contribution in [0.2, 0.25) is 0 Å². The van der Waals surface area contributed by atoms with E-state index in [9.17, 15) is 9.59 Å². The second-order valence-electron chi connectivity index (χ2n) is 6.64. The quantitative estimate of drug-likeness (QED) is 0.712. The second-order valence-corrected chi connectivity index (χ2v) is 6.64. The van der Waals surface area contributed by atoms with E-state index in [1.165, 1.54) is 6.33 Å². The lowest BCUT2D eigenvalue weighted by Gasteiger charge is -2.34. The van der Waals surface area contributed by atoms with Gasteiger partial charge in [0.25, 0.3) is 5.91 Å². The monoisotopic (exact) mass is 392 g/mol. The van der Waals surface area contributed by atoms with Crippen LogP contribution in [0.25, 0.3) is 0 Å². The highest BCUT2D eigenvalue weighted by atomic mass is 16.6. The van der Waals surface area contributed by atoms with Gasteiger partial charge in [0, 0.05) is 58.4 Å². The molecule has 0 spiro atoms. The van der Waals surface area contributed by atoms with Gasteiger partial charge >= 0.3 is 6.09 Å². The van der Waals surface area contributed by atoms with Crippen molar-refractivity contribution >= 4 is 17.8 Å². The van der Waals surface area contributed by atoms with Crippen molar-refractivity contribution in [2.24, 2.45) is 0 Å². The maximum absolute atomic E-state index is 12.4. The molecule has 0 saturated carbocycles. The summed E-state index contributed by atoms with van der Waals surface area (Å²) in [7, 11) is 0. The molecule has 1 aromatic rings. The first-order valence-corrected chi connectivity index (χ1v) is 9.74. The van der Waals surface area contributed by atoms with Gasteiger partial charge in [-0.25, -0.2) is 14.8 Å². The fourth-order valence-corrected chi connectivity index (χ4v) is 3.22. The lowest BCUT2D eigenvalue weighted by molar-refractivity contribution is 0.0383. The number of carbonyl (C=O) groups is 2. The molecule has 3 heterocycles. The summed E-state index contributed by atoms with van der Waals surface area (Å²) >= 11 is 0. The Bertz CT molecular complexity index is 659. The van der Waals surface area contributed by atoms with Gasteiger partial charge in [-0.05, 0) is 6.92 Å². The molecule has 28 heavy (non-hydrogen) atoms. The van der Waals surface area contributed by atoms with E-state index in [0.717, 1.165) is 32.8 Å². The van der Waals surface area contributed by atoms with E-state index in [2.05, 4.69) is 20.2 Å². The average Bonchev–Trinajstić information content (AvgIpc) is 2.75. The Balaban J connectivity index is 1.48. The summed E-state index contributed by atoms with van der Waals surface area (Å²) in [6.45, 7) is 9.18. The molecule has 10 nitrogen and oxygen atoms in total. The molecule has 1 N–H and O–H groups in total. The number of ether oxygens (including phenoxy) is 2. The number of hydrogen-bond acceptors (Lipinski definition) is 8. The van der Waals surface area contributed by atoms with Gasteiger partial charge in [-0.2, -0.15) is 0 Å². The van der Waals surface area contributed by atoms with Crippen molar-refractivity contribution in [1.82, 2.24) is 25.1 Å². The summed E-state index contributed by atoms with van der Waals surface area (Å²) in [4.78, 5) is 38.6. The van der Waals surface area contributed by atoms with Gasteiger partial charge in [-0.3, -0.25) is 9.69 Å². The number of nitrogens with zero attached hydrogens (tertiary/aromatic N) is 5. The Morgan fingerprint density at radius 2 is 1.89 bits per heavy atom. The zero-order chi connectivity index (χ0) is 19.8. The number of piperazine rings is 1. The molecule has 3 rings (SSSR count). The van der Waals surface area contributed by atoms with Crippen LogP contribution in [0.3, 0.4) is 0 Å². The smallest absolute Gasteiger partial charge is 0.409 e. The van der Waals surface area contributed by atoms with Crippen LogP contribution in [-0.4, -0.2) is 104 Å². The standard InChI is InChI=1S/C18H28N6O4/c1-2-28-18(26)24-7-5-23(6-8-24)16-13-15(20-14-21-16)17(25)19-3-4-22-9-11-27-12-10-22/h13-14H,2-12H2,1H3,(H,19,25). The molecule has 2 saturated heterocycles. The molecule has 0 atom stereocenters. The SMILES string of the molecule is CCOC(=O)N1CCN(c2cc(C(=O)NCCN3CCOCC3)ncn2)CC1. The number of amides is 2. The predicted octanol–water partition coefficient (Wildman–Crippen LogP) is -0.183. The molecule has 0 unspecified atom stereocenters. The number of anilines is 1. The normalized spacial score (nSPS) is 18.0. The van der Waals surface area contributed by atoms with Crippen LogP contribution in [0.5, 0.6) is 0 Å². The van der Waals surface area contributed by atoms with Crippen molar-refractivity contribution in [3.8, 4) is 0 Å². The summed E-state index contributed by atoms with van der Waals surface area (Å²) in [5, 5.41) is 2.91. The van der Waals surface area contributed by atoms with Gasteiger partial charge < -0.3 is 24.6 Å². The molecule has 2 aliphatic rings. The number of hydrogen-bond donors (Lipinski definition) is 1. The zero-order valence-electron chi connectivity index (χ0n) is 16.3. The fraction of sp³-hybridized carbons (Fsp3) is 0.667. The van der Waals surface area contributed by atoms with Crippen LogP contribution in [0.4, 0.5) is 10.6 Å². The Morgan fingerprint density at radius 3 is 2.61 bits per heavy atom. The molecule has 0 radical (unpaired) electrons. The molecule has 10 heteroatoms. The molecule has 0 aromatic carbocycles. The third-order valence-electron chi connectivity index (χ3n) is 4.83. The highest BCUT2D eigenvalue weighted by molar-refractivity contribution is 5.92. The molecular formula is C18H28N6O4. The summed E-state index contributed by atoms with van der Waals surface area (Å²) in [6, 6.07) is 1.70. The molecule has 1 aromatic heterocycles. The molecule has 0 bridgehead atoms. The number of aromatic nitrogens is 2. The van der Waals surface area contributed by atoms with E-state index in [1.807, 2.05) is 4.90 Å². The summed E-state index contributed by atoms with van der Waals surface area (Å²) in [5.74, 6) is 0.485. The van der Waals surface area contributed by atoms with Crippen LogP contribution in [0.15, 0.2) is 12.4 Å². The largest absolute Gasteiger partial charge is 0.450 e. The molecular weight excluding hydrogens is 364 g/mol. The minimum Gasteiger partial charge on any atom is -0.450 e. The molecule has 2 amide bonds. The van der Waals surface area contributed by atoms with Crippen molar-refractivity contribution in [1.29, 1.82) is 0 Å². The van der Waals surface area contributed by atoms with Crippen molar-refractivity contribution in [2.45, 2.75) is 6.92 Å². The van der Waals surface area contributed by atoms with Crippen molar-refractivity contribution in [3.05, 3.63) is 18.1 Å². The first-order valence-electron chi connectivity index (χ1n) is 9.74. The van der Waals surface area contributed by atoms with Crippen LogP contribution < -0.4 is 10.2 Å². The van der Waals surface area contributed by atoms with Gasteiger partial charge in [0.2, 0.25) is 0 Å². The second kappa shape index (κ2) is 10.2. The van der Waals surface area contributed by atoms with Gasteiger partial charge in [-0.1, -0.05) is 0 Å². The van der Waals surface area contributed by atoms with Gasteiger partial charge in [0.15, 0.2) is 0 Å². The number of morpholine rings is 1. The number of rotatable bonds is 6. The van der Waals surface area contributed by atoms with E-state index < -0.39 is 0 Å². The Labute approximate surface area is 164 Å². The van der Waals surface area contributed by atoms with Crippen molar-refractivity contribution in [2.75, 3.05) is 77.1 Å². The highest BCUT2D eigenvalue weighted by Gasteiger charge is 2.23.